The van der Waals surface area contributed by atoms with Gasteiger partial charge in [-0.15, -0.1) is 0 Å². The molecular weight excluding hydrogens is 360 g/mol. The standard InChI is InChI=1S/C30H22/c1-3-19-27-21-13-5-9-17-11-7-15-23(25(17)21)29(27)20(4-2)30-24-16-8-12-18-10-6-14-22(26(18)24)28(19)30/h5-16H,3-4H2,1-2H3. The van der Waals surface area contributed by atoms with Crippen LogP contribution >= 0.6 is 0 Å². The van der Waals surface area contributed by atoms with Crippen LogP contribution < -0.4 is 0 Å². The van der Waals surface area contributed by atoms with Crippen molar-refractivity contribution in [1.29, 1.82) is 0 Å². The monoisotopic (exact) mass is 382 g/mol. The molecule has 0 heteroatoms. The van der Waals surface area contributed by atoms with E-state index in [1.807, 2.05) is 0 Å². The summed E-state index contributed by atoms with van der Waals surface area (Å²) in [5, 5.41) is 17.3. The second-order valence-corrected chi connectivity index (χ2v) is 8.58. The summed E-state index contributed by atoms with van der Waals surface area (Å²) in [5.41, 5.74) is 3.04. The molecule has 0 aliphatic heterocycles. The molecule has 0 bridgehead atoms. The van der Waals surface area contributed by atoms with Gasteiger partial charge in [0.25, 0.3) is 0 Å². The maximum Gasteiger partial charge on any atom is -0.00262 e. The van der Waals surface area contributed by atoms with E-state index >= 15 is 0 Å². The highest BCUT2D eigenvalue weighted by atomic mass is 14.3. The van der Waals surface area contributed by atoms with Crippen LogP contribution in [0.5, 0.6) is 0 Å². The summed E-state index contributed by atoms with van der Waals surface area (Å²) in [4.78, 5) is 0. The van der Waals surface area contributed by atoms with Crippen LogP contribution in [0.3, 0.4) is 0 Å². The van der Waals surface area contributed by atoms with Crippen LogP contribution in [0, 0.1) is 0 Å². The molecule has 7 rings (SSSR count). The predicted molar refractivity (Wildman–Crippen MR) is 133 cm³/mol. The minimum absolute atomic E-state index is 1.05. The van der Waals surface area contributed by atoms with E-state index in [-0.39, 0.29) is 0 Å². The fraction of sp³-hybridized carbons (Fsp3) is 0.133. The topological polar surface area (TPSA) is 0 Å². The van der Waals surface area contributed by atoms with Gasteiger partial charge in [0.05, 0.1) is 0 Å². The van der Waals surface area contributed by atoms with Crippen LogP contribution in [-0.2, 0) is 12.8 Å². The lowest BCUT2D eigenvalue weighted by molar-refractivity contribution is 1.16. The highest BCUT2D eigenvalue weighted by Crippen LogP contribution is 2.50. The molecular formula is C30H22. The van der Waals surface area contributed by atoms with E-state index in [1.54, 1.807) is 0 Å². The number of benzene rings is 5. The molecule has 0 unspecified atom stereocenters. The van der Waals surface area contributed by atoms with Crippen molar-refractivity contribution >= 4 is 64.6 Å². The zero-order valence-corrected chi connectivity index (χ0v) is 17.3. The number of fused-ring (bicyclic) bond motifs is 6. The van der Waals surface area contributed by atoms with Gasteiger partial charge >= 0.3 is 0 Å². The summed E-state index contributed by atoms with van der Waals surface area (Å²) in [6.45, 7) is 4.65. The van der Waals surface area contributed by atoms with Gasteiger partial charge in [0.2, 0.25) is 0 Å². The molecule has 7 aromatic rings. The fourth-order valence-electron chi connectivity index (χ4n) is 6.26. The Morgan fingerprint density at radius 3 is 0.967 bits per heavy atom. The zero-order valence-electron chi connectivity index (χ0n) is 17.3. The molecule has 0 spiro atoms. The molecule has 0 saturated carbocycles. The first kappa shape index (κ1) is 16.4. The maximum absolute atomic E-state index is 2.34. The second-order valence-electron chi connectivity index (χ2n) is 8.58. The van der Waals surface area contributed by atoms with Gasteiger partial charge in [-0.25, -0.2) is 0 Å². The summed E-state index contributed by atoms with van der Waals surface area (Å²) in [6.07, 6.45) is 2.09. The Labute approximate surface area is 175 Å². The molecule has 0 aromatic heterocycles. The average Bonchev–Trinajstić information content (AvgIpc) is 3.30. The Hall–Kier alpha value is -3.38. The summed E-state index contributed by atoms with van der Waals surface area (Å²) in [7, 11) is 0. The van der Waals surface area contributed by atoms with E-state index in [0.717, 1.165) is 12.8 Å². The van der Waals surface area contributed by atoms with E-state index in [2.05, 4.69) is 86.6 Å². The molecule has 0 aliphatic carbocycles. The third kappa shape index (κ3) is 1.75. The van der Waals surface area contributed by atoms with Gasteiger partial charge in [0, 0.05) is 0 Å². The normalized spacial score (nSPS) is 12.6. The summed E-state index contributed by atoms with van der Waals surface area (Å²) in [6, 6.07) is 27.3. The Morgan fingerprint density at radius 1 is 0.400 bits per heavy atom. The highest BCUT2D eigenvalue weighted by Gasteiger charge is 2.23. The first-order valence-corrected chi connectivity index (χ1v) is 11.1. The molecule has 0 atom stereocenters. The maximum atomic E-state index is 2.34. The first-order chi connectivity index (χ1) is 14.8. The molecule has 0 nitrogen and oxygen atoms in total. The van der Waals surface area contributed by atoms with Crippen LogP contribution in [0.4, 0.5) is 0 Å². The molecule has 30 heavy (non-hydrogen) atoms. The molecule has 0 saturated heterocycles. The van der Waals surface area contributed by atoms with Gasteiger partial charge in [-0.2, -0.15) is 0 Å². The van der Waals surface area contributed by atoms with Crippen molar-refractivity contribution in [3.05, 3.63) is 83.9 Å². The van der Waals surface area contributed by atoms with Crippen LogP contribution in [0.1, 0.15) is 25.0 Å². The lowest BCUT2D eigenvalue weighted by Crippen LogP contribution is -1.91. The van der Waals surface area contributed by atoms with Crippen LogP contribution in [0.15, 0.2) is 72.8 Å². The van der Waals surface area contributed by atoms with Crippen molar-refractivity contribution in [1.82, 2.24) is 0 Å². The lowest BCUT2D eigenvalue weighted by Gasteiger charge is -2.12. The largest absolute Gasteiger partial charge is 0.0612 e. The molecule has 0 fully saturated rings. The van der Waals surface area contributed by atoms with Crippen LogP contribution in [0.2, 0.25) is 0 Å². The zero-order chi connectivity index (χ0) is 20.0. The third-order valence-electron chi connectivity index (χ3n) is 7.30. The molecule has 142 valence electrons. The Morgan fingerprint density at radius 2 is 0.700 bits per heavy atom. The molecule has 0 heterocycles. The molecule has 0 N–H and O–H groups in total. The van der Waals surface area contributed by atoms with Crippen LogP contribution in [0.25, 0.3) is 64.6 Å². The molecule has 0 radical (unpaired) electrons. The Kier molecular flexibility index (Phi) is 3.07. The smallest absolute Gasteiger partial charge is 0.00262 e. The minimum atomic E-state index is 1.05. The second kappa shape index (κ2) is 5.61. The number of hydrogen-bond acceptors (Lipinski definition) is 0. The summed E-state index contributed by atoms with van der Waals surface area (Å²) in [5.74, 6) is 0. The Bertz CT molecular complexity index is 1500. The average molecular weight is 383 g/mol. The van der Waals surface area contributed by atoms with Crippen molar-refractivity contribution < 1.29 is 0 Å². The van der Waals surface area contributed by atoms with Gasteiger partial charge in [0.15, 0.2) is 0 Å². The number of rotatable bonds is 2. The van der Waals surface area contributed by atoms with Crippen molar-refractivity contribution in [2.24, 2.45) is 0 Å². The van der Waals surface area contributed by atoms with E-state index in [0.29, 0.717) is 0 Å². The highest BCUT2D eigenvalue weighted by molar-refractivity contribution is 6.40. The van der Waals surface area contributed by atoms with E-state index < -0.39 is 0 Å². The van der Waals surface area contributed by atoms with Gasteiger partial charge in [-0.1, -0.05) is 86.6 Å². The summed E-state index contributed by atoms with van der Waals surface area (Å²) < 4.78 is 0. The third-order valence-corrected chi connectivity index (χ3v) is 7.30. The first-order valence-electron chi connectivity index (χ1n) is 11.1. The predicted octanol–water partition coefficient (Wildman–Crippen LogP) is 8.61. The van der Waals surface area contributed by atoms with Gasteiger partial charge in [-0.05, 0) is 88.6 Å². The van der Waals surface area contributed by atoms with Crippen LogP contribution in [-0.4, -0.2) is 0 Å². The van der Waals surface area contributed by atoms with Crippen molar-refractivity contribution in [2.45, 2.75) is 26.7 Å². The Balaban J connectivity index is 1.94. The quantitative estimate of drug-likeness (QED) is 0.281. The lowest BCUT2D eigenvalue weighted by atomic mass is 9.91. The van der Waals surface area contributed by atoms with E-state index in [4.69, 9.17) is 0 Å². The molecule has 7 aromatic carbocycles. The summed E-state index contributed by atoms with van der Waals surface area (Å²) >= 11 is 0. The van der Waals surface area contributed by atoms with Crippen molar-refractivity contribution in [3.63, 3.8) is 0 Å². The SMILES string of the molecule is CCc1c2c3cccc4cccc(c2c(CC)c2c5cccc6cccc(c12)c65)c43. The number of aryl methyl sites for hydroxylation is 2. The molecule has 0 amide bonds. The molecule has 0 aliphatic rings. The van der Waals surface area contributed by atoms with Gasteiger partial charge < -0.3 is 0 Å². The van der Waals surface area contributed by atoms with Crippen molar-refractivity contribution in [3.8, 4) is 0 Å². The van der Waals surface area contributed by atoms with E-state index in [9.17, 15) is 0 Å². The van der Waals surface area contributed by atoms with Crippen molar-refractivity contribution in [2.75, 3.05) is 0 Å². The van der Waals surface area contributed by atoms with Gasteiger partial charge in [-0.3, -0.25) is 0 Å². The van der Waals surface area contributed by atoms with Gasteiger partial charge in [0.1, 0.15) is 0 Å². The number of hydrogen-bond donors (Lipinski definition) is 0. The fourth-order valence-corrected chi connectivity index (χ4v) is 6.26. The van der Waals surface area contributed by atoms with E-state index in [1.165, 1.54) is 75.8 Å². The minimum Gasteiger partial charge on any atom is -0.0612 e.